The number of hydrogen-bond acceptors (Lipinski definition) is 5. The number of fused-ring (bicyclic) bond motifs is 2. The molecule has 2 aromatic carbocycles. The third-order valence-corrected chi connectivity index (χ3v) is 5.65. The monoisotopic (exact) mass is 435 g/mol. The highest BCUT2D eigenvalue weighted by Crippen LogP contribution is 2.46. The van der Waals surface area contributed by atoms with Crippen LogP contribution in [0.3, 0.4) is 0 Å². The van der Waals surface area contributed by atoms with Gasteiger partial charge in [-0.3, -0.25) is 30.0 Å². The minimum Gasteiger partial charge on any atom is -0.481 e. The fraction of sp³-hybridized carbons (Fsp3) is 0.217. The van der Waals surface area contributed by atoms with Gasteiger partial charge in [-0.05, 0) is 43.3 Å². The lowest BCUT2D eigenvalue weighted by Crippen LogP contribution is -2.52. The van der Waals surface area contributed by atoms with E-state index in [1.165, 1.54) is 12.1 Å². The molecule has 9 nitrogen and oxygen atoms in total. The van der Waals surface area contributed by atoms with Crippen molar-refractivity contribution in [2.75, 3.05) is 5.32 Å². The molecule has 3 amide bonds. The Morgan fingerprint density at radius 1 is 0.906 bits per heavy atom. The Morgan fingerprint density at radius 3 is 2.22 bits per heavy atom. The molecule has 2 aliphatic heterocycles. The smallest absolute Gasteiger partial charge is 0.310 e. The first-order valence-electron chi connectivity index (χ1n) is 9.95. The number of aliphatic carboxylic acids is 1. The van der Waals surface area contributed by atoms with E-state index in [-0.39, 0.29) is 11.5 Å². The number of benzene rings is 2. The zero-order valence-corrected chi connectivity index (χ0v) is 17.1. The summed E-state index contributed by atoms with van der Waals surface area (Å²) < 4.78 is 5.64. The van der Waals surface area contributed by atoms with Gasteiger partial charge in [-0.15, -0.1) is 0 Å². The summed E-state index contributed by atoms with van der Waals surface area (Å²) in [6.07, 6.45) is 2.63. The van der Waals surface area contributed by atoms with Gasteiger partial charge in [0.25, 0.3) is 11.8 Å². The maximum atomic E-state index is 12.7. The summed E-state index contributed by atoms with van der Waals surface area (Å²) in [7, 11) is 0. The molecule has 0 spiro atoms. The quantitative estimate of drug-likeness (QED) is 0.418. The van der Waals surface area contributed by atoms with Crippen molar-refractivity contribution in [1.29, 1.82) is 0 Å². The summed E-state index contributed by atoms with van der Waals surface area (Å²) in [6.45, 7) is 1.64. The normalized spacial score (nSPS) is 25.2. The van der Waals surface area contributed by atoms with Crippen LogP contribution in [-0.2, 0) is 14.3 Å². The summed E-state index contributed by atoms with van der Waals surface area (Å²) in [5.41, 5.74) is 4.81. The first-order chi connectivity index (χ1) is 15.3. The molecule has 2 heterocycles. The number of carboxylic acids is 1. The molecule has 32 heavy (non-hydrogen) atoms. The lowest BCUT2D eigenvalue weighted by atomic mass is 9.76. The van der Waals surface area contributed by atoms with E-state index in [9.17, 15) is 24.3 Å². The molecule has 0 radical (unpaired) electrons. The Balaban J connectivity index is 1.35. The topological polar surface area (TPSA) is 134 Å². The van der Waals surface area contributed by atoms with Crippen molar-refractivity contribution in [2.45, 2.75) is 18.6 Å². The van der Waals surface area contributed by atoms with Gasteiger partial charge in [0.2, 0.25) is 5.91 Å². The van der Waals surface area contributed by atoms with Gasteiger partial charge in [0, 0.05) is 16.8 Å². The van der Waals surface area contributed by atoms with Crippen LogP contribution in [0.1, 0.15) is 27.6 Å². The number of amides is 3. The number of hydrogen-bond donors (Lipinski definition) is 4. The van der Waals surface area contributed by atoms with E-state index in [2.05, 4.69) is 16.2 Å². The van der Waals surface area contributed by atoms with Crippen LogP contribution in [-0.4, -0.2) is 40.5 Å². The van der Waals surface area contributed by atoms with Crippen molar-refractivity contribution in [3.63, 3.8) is 0 Å². The molecule has 9 heteroatoms. The second kappa shape index (κ2) is 8.27. The molecule has 4 rings (SSSR count). The number of carbonyl (C=O) groups is 4. The van der Waals surface area contributed by atoms with Crippen molar-refractivity contribution < 1.29 is 29.0 Å². The molecule has 4 N–H and O–H groups in total. The average Bonchev–Trinajstić information content (AvgIpc) is 3.32. The van der Waals surface area contributed by atoms with Gasteiger partial charge in [0.15, 0.2) is 0 Å². The lowest BCUT2D eigenvalue weighted by Gasteiger charge is -2.27. The van der Waals surface area contributed by atoms with Gasteiger partial charge in [-0.25, -0.2) is 0 Å². The van der Waals surface area contributed by atoms with Crippen LogP contribution in [0, 0.1) is 11.8 Å². The largest absolute Gasteiger partial charge is 0.481 e. The molecule has 1 saturated heterocycles. The SMILES string of the molecule is C[C@@]12C=C[C@@H](O1)[C@@H](C(=O)O)[C@@H]2C(=O)NNC(=O)c1ccc(NC(=O)c2ccccc2)cc1. The van der Waals surface area contributed by atoms with Crippen molar-refractivity contribution in [3.8, 4) is 0 Å². The number of anilines is 1. The standard InChI is InChI=1S/C23H21N3O6/c1-23-12-11-16(32-23)17(22(30)31)18(23)21(29)26-25-20(28)14-7-9-15(10-8-14)24-19(27)13-5-3-2-4-6-13/h2-12,16-18H,1H3,(H,24,27)(H,25,28)(H,26,29)(H,30,31)/t16-,17-,18-,23+/m1/s1. The number of nitrogens with one attached hydrogen (secondary N) is 3. The highest BCUT2D eigenvalue weighted by molar-refractivity contribution is 6.04. The zero-order valence-electron chi connectivity index (χ0n) is 17.1. The van der Waals surface area contributed by atoms with E-state index in [4.69, 9.17) is 4.74 Å². The van der Waals surface area contributed by atoms with Crippen LogP contribution in [0.2, 0.25) is 0 Å². The number of carbonyl (C=O) groups excluding carboxylic acids is 3. The molecular weight excluding hydrogens is 414 g/mol. The van der Waals surface area contributed by atoms with Crippen LogP contribution in [0.4, 0.5) is 5.69 Å². The number of ether oxygens (including phenoxy) is 1. The van der Waals surface area contributed by atoms with Crippen LogP contribution in [0.5, 0.6) is 0 Å². The maximum absolute atomic E-state index is 12.7. The molecule has 2 bridgehead atoms. The van der Waals surface area contributed by atoms with Gasteiger partial charge in [0.1, 0.15) is 5.92 Å². The average molecular weight is 435 g/mol. The fourth-order valence-corrected chi connectivity index (χ4v) is 4.05. The molecule has 0 aromatic heterocycles. The van der Waals surface area contributed by atoms with Crippen LogP contribution >= 0.6 is 0 Å². The van der Waals surface area contributed by atoms with Crippen molar-refractivity contribution in [1.82, 2.24) is 10.9 Å². The van der Waals surface area contributed by atoms with Gasteiger partial charge >= 0.3 is 5.97 Å². The van der Waals surface area contributed by atoms with Crippen molar-refractivity contribution >= 4 is 29.4 Å². The molecule has 1 fully saturated rings. The van der Waals surface area contributed by atoms with Crippen LogP contribution in [0.15, 0.2) is 66.7 Å². The number of carboxylic acid groups (broad SMARTS) is 1. The minimum atomic E-state index is -1.14. The van der Waals surface area contributed by atoms with E-state index in [1.54, 1.807) is 55.5 Å². The van der Waals surface area contributed by atoms with Crippen molar-refractivity contribution in [3.05, 3.63) is 77.9 Å². The Morgan fingerprint density at radius 2 is 1.56 bits per heavy atom. The van der Waals surface area contributed by atoms with Gasteiger partial charge in [-0.2, -0.15) is 0 Å². The van der Waals surface area contributed by atoms with Gasteiger partial charge < -0.3 is 15.2 Å². The summed E-state index contributed by atoms with van der Waals surface area (Å²) in [4.78, 5) is 48.8. The lowest BCUT2D eigenvalue weighted by molar-refractivity contribution is -0.147. The molecule has 2 aromatic rings. The van der Waals surface area contributed by atoms with Crippen molar-refractivity contribution in [2.24, 2.45) is 11.8 Å². The molecule has 4 atom stereocenters. The third-order valence-electron chi connectivity index (χ3n) is 5.65. The maximum Gasteiger partial charge on any atom is 0.310 e. The number of hydrazine groups is 1. The Bertz CT molecular complexity index is 1100. The molecular formula is C23H21N3O6. The Labute approximate surface area is 183 Å². The molecule has 0 unspecified atom stereocenters. The molecule has 0 saturated carbocycles. The summed E-state index contributed by atoms with van der Waals surface area (Å²) >= 11 is 0. The predicted molar refractivity (Wildman–Crippen MR) is 113 cm³/mol. The van der Waals surface area contributed by atoms with E-state index in [0.29, 0.717) is 11.3 Å². The van der Waals surface area contributed by atoms with Gasteiger partial charge in [-0.1, -0.05) is 30.4 Å². The fourth-order valence-electron chi connectivity index (χ4n) is 4.05. The highest BCUT2D eigenvalue weighted by atomic mass is 16.5. The molecule has 0 aliphatic carbocycles. The zero-order chi connectivity index (χ0) is 22.9. The molecule has 164 valence electrons. The summed E-state index contributed by atoms with van der Waals surface area (Å²) in [6, 6.07) is 14.8. The first kappa shape index (κ1) is 21.3. The molecule has 2 aliphatic rings. The minimum absolute atomic E-state index is 0.244. The van der Waals surface area contributed by atoms with E-state index < -0.39 is 41.3 Å². The highest BCUT2D eigenvalue weighted by Gasteiger charge is 2.59. The Kier molecular flexibility index (Phi) is 5.50. The van der Waals surface area contributed by atoms with Gasteiger partial charge in [0.05, 0.1) is 17.6 Å². The predicted octanol–water partition coefficient (Wildman–Crippen LogP) is 1.74. The van der Waals surface area contributed by atoms with E-state index in [0.717, 1.165) is 0 Å². The summed E-state index contributed by atoms with van der Waals surface area (Å²) in [5.74, 6) is -4.66. The third kappa shape index (κ3) is 3.97. The summed E-state index contributed by atoms with van der Waals surface area (Å²) in [5, 5.41) is 12.2. The van der Waals surface area contributed by atoms with E-state index in [1.807, 2.05) is 6.07 Å². The second-order valence-corrected chi connectivity index (χ2v) is 7.81. The van der Waals surface area contributed by atoms with Crippen LogP contribution < -0.4 is 16.2 Å². The van der Waals surface area contributed by atoms with E-state index >= 15 is 0 Å². The Hall–Kier alpha value is -3.98. The second-order valence-electron chi connectivity index (χ2n) is 7.81. The first-order valence-corrected chi connectivity index (χ1v) is 9.95. The van der Waals surface area contributed by atoms with Crippen LogP contribution in [0.25, 0.3) is 0 Å². The number of rotatable bonds is 5.